The van der Waals surface area contributed by atoms with Crippen LogP contribution in [0.15, 0.2) is 77.6 Å². The summed E-state index contributed by atoms with van der Waals surface area (Å²) in [7, 11) is -3.00. The molecule has 0 spiro atoms. The number of aliphatic imine (C=N–C) groups is 4. The van der Waals surface area contributed by atoms with Crippen LogP contribution in [0.5, 0.6) is 0 Å². The fourth-order valence-electron chi connectivity index (χ4n) is 15.7. The molecular weight excluding hydrogens is 1250 g/mol. The van der Waals surface area contributed by atoms with Gasteiger partial charge in [0.1, 0.15) is 18.4 Å². The summed E-state index contributed by atoms with van der Waals surface area (Å²) in [5, 5.41) is 30.6. The molecule has 7 aliphatic heterocycles. The van der Waals surface area contributed by atoms with Crippen molar-refractivity contribution in [3.05, 3.63) is 70.4 Å². The third-order valence-electron chi connectivity index (χ3n) is 20.8. The van der Waals surface area contributed by atoms with Crippen LogP contribution in [0.3, 0.4) is 0 Å². The summed E-state index contributed by atoms with van der Waals surface area (Å²) in [4.78, 5) is 124. The summed E-state index contributed by atoms with van der Waals surface area (Å²) in [6.45, 7) is 22.9. The minimum Gasteiger partial charge on any atom is -0.682 e. The van der Waals surface area contributed by atoms with Crippen LogP contribution < -0.4 is 44.2 Å². The van der Waals surface area contributed by atoms with Crippen LogP contribution in [0.2, 0.25) is 0 Å². The van der Waals surface area contributed by atoms with Gasteiger partial charge in [0.2, 0.25) is 41.9 Å². The molecule has 1 aliphatic carbocycles. The van der Waals surface area contributed by atoms with Crippen molar-refractivity contribution < 1.29 is 79.3 Å². The van der Waals surface area contributed by atoms with E-state index in [9.17, 15) is 53.2 Å². The molecule has 28 heteroatoms. The van der Waals surface area contributed by atoms with Crippen molar-refractivity contribution >= 4 is 73.6 Å². The number of nitrogens with one attached hydrogen (secondary N) is 2. The van der Waals surface area contributed by atoms with E-state index in [4.69, 9.17) is 58.2 Å². The van der Waals surface area contributed by atoms with Gasteiger partial charge in [-0.15, -0.1) is 4.52 Å². The molecule has 7 amide bonds. The van der Waals surface area contributed by atoms with Crippen molar-refractivity contribution in [3.63, 3.8) is 0 Å². The summed E-state index contributed by atoms with van der Waals surface area (Å²) >= 11 is 0. The first-order valence-corrected chi connectivity index (χ1v) is 32.0. The minimum atomic E-state index is -3.00. The Morgan fingerprint density at radius 1 is 0.848 bits per heavy atom. The Balaban J connectivity index is 0.000000512. The number of amides is 7. The van der Waals surface area contributed by atoms with Gasteiger partial charge in [-0.3, -0.25) is 53.5 Å². The molecule has 0 saturated carbocycles. The maximum Gasteiger partial charge on any atom is 2.00 e. The van der Waals surface area contributed by atoms with Gasteiger partial charge in [-0.25, -0.2) is 0 Å². The SMILES string of the molecule is C/C1=C2/[N-][C@H]([C@H](CC(N)=O)[C@@]2(C)CCC(=O)NC[C@@H](C)O)[C@]2(C)N=C(/C(C)=C3N=C(/C=C4N=C1[C@@H](CCC(N)=O)C\4(C)C)[C@@H](CCC(N)=O)[C@]\3(C)CC(N)=O)[C@@H](CCNC=O)[C@]2(C)CC(N)=O.CC1=CC2N=CN([C@H]3O[C@H](CO)[C@@H](O[P+](=O)[O-])[C@H]3C)C2C=C1C.[CH3-].[Co+2]. The van der Waals surface area contributed by atoms with Crippen molar-refractivity contribution in [3.8, 4) is 0 Å². The van der Waals surface area contributed by atoms with Gasteiger partial charge in [-0.1, -0.05) is 70.9 Å². The molecule has 1 radical (unpaired) electrons. The standard InChI is InChI=1S/C48H73N11O8.C15H21N2O5P.CH3.Co/c1-24(61)22-55-38(67)14-16-45(6)30(18-35(51)64)43-48(9)47(8,21-37(53)66)29(15-17-54-23-60)40(59-48)26(3)42-46(7,20-36(52)65)27(10-12-33(49)62)31(56-42)19-32-44(4,5)28(11-13-34(50)63)39(57-32)25(2)41(45)58-43;1-8-4-11-12(5-9(8)2)17(7-16-11)15-10(3)14(22-23(19)20)13(6-18)21-15;;/h19,23-24,27-30,43,61H,10-18,20-22H2,1-9H3,(H13,49,50,51,52,53,54,55,56,57,58,59,60,62,63,64,65,66,67);4-5,7,10-15,18H,6H2,1-3H3;1H3;/q;;-1;+2/p-1/t24-,27-,28-,29-,30+,43-,45-,46+,47+,48+;10-,11?,12?,13-,14+,15+;;/m11../s1. The predicted octanol–water partition coefficient (Wildman–Crippen LogP) is 3.57. The van der Waals surface area contributed by atoms with E-state index in [2.05, 4.69) is 41.6 Å². The van der Waals surface area contributed by atoms with Gasteiger partial charge < -0.3 is 76.8 Å². The number of carbonyl (C=O) groups excluding carboxylic acids is 7. The zero-order valence-corrected chi connectivity index (χ0v) is 57.2. The second kappa shape index (κ2) is 30.0. The van der Waals surface area contributed by atoms with E-state index in [1.54, 1.807) is 13.3 Å². The number of hydrogen-bond acceptors (Lipinski definition) is 18. The molecule has 509 valence electrons. The van der Waals surface area contributed by atoms with Crippen LogP contribution in [0.4, 0.5) is 0 Å². The molecule has 3 unspecified atom stereocenters. The first-order valence-electron chi connectivity index (χ1n) is 30.9. The monoisotopic (exact) mass is 1340 g/mol. The maximum absolute atomic E-state index is 13.5. The van der Waals surface area contributed by atoms with Crippen molar-refractivity contribution in [2.24, 2.45) is 99.9 Å². The summed E-state index contributed by atoms with van der Waals surface area (Å²) in [6.07, 6.45) is 6.33. The fourth-order valence-corrected chi connectivity index (χ4v) is 16.2. The van der Waals surface area contributed by atoms with E-state index in [-0.39, 0.29) is 132 Å². The fraction of sp³-hybridized carbons (Fsp3) is 0.656. The van der Waals surface area contributed by atoms with Crippen LogP contribution >= 0.6 is 8.25 Å². The second-order valence-corrected chi connectivity index (χ2v) is 27.9. The van der Waals surface area contributed by atoms with Crippen molar-refractivity contribution in [1.29, 1.82) is 0 Å². The van der Waals surface area contributed by atoms with E-state index in [0.717, 1.165) is 0 Å². The van der Waals surface area contributed by atoms with Crippen LogP contribution in [0.25, 0.3) is 5.32 Å². The molecule has 92 heavy (non-hydrogen) atoms. The van der Waals surface area contributed by atoms with Gasteiger partial charge in [0.25, 0.3) is 0 Å². The summed E-state index contributed by atoms with van der Waals surface area (Å²) < 4.78 is 21.8. The number of fused-ring (bicyclic) bond motifs is 7. The summed E-state index contributed by atoms with van der Waals surface area (Å²) in [5.41, 5.74) is 31.4. The number of allylic oxidation sites excluding steroid dienone is 8. The van der Waals surface area contributed by atoms with E-state index < -0.39 is 113 Å². The number of primary amides is 5. The number of aliphatic hydroxyl groups excluding tert-OH is 2. The van der Waals surface area contributed by atoms with Gasteiger partial charge >= 0.3 is 25.0 Å². The molecule has 26 nitrogen and oxygen atoms in total. The van der Waals surface area contributed by atoms with Gasteiger partial charge in [0, 0.05) is 114 Å². The molecule has 0 aromatic carbocycles. The summed E-state index contributed by atoms with van der Waals surface area (Å²) in [5.74, 6) is -5.80. The third-order valence-corrected chi connectivity index (χ3v) is 21.2. The smallest absolute Gasteiger partial charge is 0.682 e. The molecule has 7 heterocycles. The van der Waals surface area contributed by atoms with Gasteiger partial charge in [0.05, 0.1) is 42.4 Å². The van der Waals surface area contributed by atoms with Gasteiger partial charge in [0.15, 0.2) is 0 Å². The number of aliphatic hydroxyl groups is 2. The molecule has 14 N–H and O–H groups in total. The van der Waals surface area contributed by atoms with Crippen LogP contribution in [0, 0.1) is 58.7 Å². The second-order valence-electron chi connectivity index (χ2n) is 27.2. The Hall–Kier alpha value is -6.32. The molecule has 0 aromatic heterocycles. The minimum absolute atomic E-state index is 0. The largest absolute Gasteiger partial charge is 2.00 e. The van der Waals surface area contributed by atoms with E-state index in [0.29, 0.717) is 58.2 Å². The van der Waals surface area contributed by atoms with Gasteiger partial charge in [-0.05, 0) is 100 Å². The van der Waals surface area contributed by atoms with Crippen LogP contribution in [-0.4, -0.2) is 148 Å². The van der Waals surface area contributed by atoms with Crippen molar-refractivity contribution in [1.82, 2.24) is 15.5 Å². The van der Waals surface area contributed by atoms with E-state index >= 15 is 0 Å². The maximum atomic E-state index is 13.5. The van der Waals surface area contributed by atoms with E-state index in [1.807, 2.05) is 73.3 Å². The van der Waals surface area contributed by atoms with Crippen molar-refractivity contribution in [2.45, 2.75) is 195 Å². The number of ether oxygens (including phenoxy) is 1. The normalized spacial score (nSPS) is 35.6. The third kappa shape index (κ3) is 15.1. The average molecular weight is 1350 g/mol. The molecule has 2 saturated heterocycles. The molecule has 17 atom stereocenters. The predicted molar refractivity (Wildman–Crippen MR) is 344 cm³/mol. The topological polar surface area (TPSA) is 439 Å². The zero-order chi connectivity index (χ0) is 66.9. The number of carbonyl (C=O) groups is 7. The Labute approximate surface area is 551 Å². The van der Waals surface area contributed by atoms with E-state index in [1.165, 1.54) is 11.1 Å². The molecule has 8 bridgehead atoms. The van der Waals surface area contributed by atoms with Crippen LogP contribution in [-0.2, 0) is 64.2 Å². The Kier molecular flexibility index (Phi) is 24.9. The number of hydrogen-bond donors (Lipinski definition) is 9. The van der Waals surface area contributed by atoms with Gasteiger partial charge in [-0.2, -0.15) is 5.70 Å². The number of rotatable bonds is 25. The molecule has 8 rings (SSSR count). The average Bonchev–Trinajstić information content (AvgIpc) is 1.53. The number of nitrogens with two attached hydrogens (primary N) is 5. The molecule has 8 aliphatic rings. The Bertz CT molecular complexity index is 3210. The summed E-state index contributed by atoms with van der Waals surface area (Å²) in [6, 6.07) is -0.803. The first kappa shape index (κ1) is 76.4. The molecule has 2 fully saturated rings. The zero-order valence-electron chi connectivity index (χ0n) is 55.2. The number of nitrogens with zero attached hydrogens (tertiary/aromatic N) is 6. The first-order chi connectivity index (χ1) is 42.0. The Morgan fingerprint density at radius 3 is 2.03 bits per heavy atom. The molecule has 0 aromatic rings. The molecular formula is C64H96CoN13O13P. The van der Waals surface area contributed by atoms with Crippen LogP contribution in [0.1, 0.15) is 147 Å². The quantitative estimate of drug-likeness (QED) is 0.0273. The van der Waals surface area contributed by atoms with Crippen molar-refractivity contribution in [2.75, 3.05) is 19.7 Å². The Morgan fingerprint density at radius 2 is 1.47 bits per heavy atom.